The molecule has 1 aliphatic carbocycles. The second kappa shape index (κ2) is 8.64. The molecule has 0 bridgehead atoms. The molecule has 0 unspecified atom stereocenters. The lowest BCUT2D eigenvalue weighted by molar-refractivity contribution is 0.0526. The first-order chi connectivity index (χ1) is 12.6. The Morgan fingerprint density at radius 2 is 2.12 bits per heavy atom. The second-order valence-corrected chi connectivity index (χ2v) is 8.08. The lowest BCUT2D eigenvalue weighted by Crippen LogP contribution is -2.28. The Bertz CT molecular complexity index is 787. The lowest BCUT2D eigenvalue weighted by atomic mass is 9.88. The Balaban J connectivity index is 1.75. The summed E-state index contributed by atoms with van der Waals surface area (Å²) in [6.45, 7) is 5.10. The smallest absolute Gasteiger partial charge is 0.341 e. The van der Waals surface area contributed by atoms with Crippen molar-refractivity contribution in [1.82, 2.24) is 5.32 Å². The minimum Gasteiger partial charge on any atom is -0.462 e. The minimum atomic E-state index is -0.257. The zero-order chi connectivity index (χ0) is 18.5. The molecule has 0 saturated carbocycles. The van der Waals surface area contributed by atoms with Gasteiger partial charge in [0.1, 0.15) is 5.00 Å². The van der Waals surface area contributed by atoms with Gasteiger partial charge in [-0.05, 0) is 55.4 Å². The molecule has 2 N–H and O–H groups in total. The van der Waals surface area contributed by atoms with Crippen molar-refractivity contribution in [3.8, 4) is 0 Å². The first-order valence-electron chi connectivity index (χ1n) is 8.99. The summed E-state index contributed by atoms with van der Waals surface area (Å²) >= 11 is 7.07. The maximum absolute atomic E-state index is 12.5. The molecular weight excluding hydrogens is 364 g/mol. The number of hydrogen-bond acceptors (Lipinski definition) is 4. The van der Waals surface area contributed by atoms with Gasteiger partial charge in [0.15, 0.2) is 5.11 Å². The fourth-order valence-electron chi connectivity index (χ4n) is 3.18. The Morgan fingerprint density at radius 3 is 2.85 bits per heavy atom. The van der Waals surface area contributed by atoms with Crippen molar-refractivity contribution in [2.24, 2.45) is 5.92 Å². The molecule has 0 saturated heterocycles. The van der Waals surface area contributed by atoms with Gasteiger partial charge in [0.25, 0.3) is 0 Å². The molecule has 6 heteroatoms. The van der Waals surface area contributed by atoms with E-state index in [2.05, 4.69) is 17.6 Å². The number of nitrogens with one attached hydrogen (secondary N) is 2. The minimum absolute atomic E-state index is 0.257. The van der Waals surface area contributed by atoms with Gasteiger partial charge in [-0.15, -0.1) is 11.3 Å². The van der Waals surface area contributed by atoms with Gasteiger partial charge in [-0.3, -0.25) is 0 Å². The molecule has 1 aromatic heterocycles. The summed E-state index contributed by atoms with van der Waals surface area (Å²) in [4.78, 5) is 13.8. The summed E-state index contributed by atoms with van der Waals surface area (Å²) in [6.07, 6.45) is 3.04. The Morgan fingerprint density at radius 1 is 1.35 bits per heavy atom. The van der Waals surface area contributed by atoms with E-state index in [1.807, 2.05) is 37.3 Å². The fraction of sp³-hybridized carbons (Fsp3) is 0.400. The first-order valence-corrected chi connectivity index (χ1v) is 10.2. The van der Waals surface area contributed by atoms with E-state index in [9.17, 15) is 4.79 Å². The SMILES string of the molecule is CCOC(=O)c1c(NC(=S)NCc2ccccc2)sc2c1CC[C@H](C)C2. The van der Waals surface area contributed by atoms with E-state index in [0.29, 0.717) is 29.7 Å². The van der Waals surface area contributed by atoms with Crippen LogP contribution in [0.2, 0.25) is 0 Å². The van der Waals surface area contributed by atoms with Crippen molar-refractivity contribution in [2.45, 2.75) is 39.7 Å². The van der Waals surface area contributed by atoms with E-state index in [4.69, 9.17) is 17.0 Å². The van der Waals surface area contributed by atoms with Gasteiger partial charge < -0.3 is 15.4 Å². The van der Waals surface area contributed by atoms with Crippen molar-refractivity contribution in [3.63, 3.8) is 0 Å². The van der Waals surface area contributed by atoms with Gasteiger partial charge in [0.05, 0.1) is 12.2 Å². The van der Waals surface area contributed by atoms with Gasteiger partial charge in [-0.2, -0.15) is 0 Å². The summed E-state index contributed by atoms with van der Waals surface area (Å²) in [7, 11) is 0. The predicted molar refractivity (Wildman–Crippen MR) is 111 cm³/mol. The number of hydrogen-bond donors (Lipinski definition) is 2. The number of rotatable bonds is 5. The van der Waals surface area contributed by atoms with Crippen LogP contribution in [0.1, 0.15) is 46.6 Å². The maximum Gasteiger partial charge on any atom is 0.341 e. The Hall–Kier alpha value is -1.92. The monoisotopic (exact) mass is 388 g/mol. The number of benzene rings is 1. The van der Waals surface area contributed by atoms with E-state index in [1.54, 1.807) is 11.3 Å². The summed E-state index contributed by atoms with van der Waals surface area (Å²) in [6, 6.07) is 10.1. The normalized spacial score (nSPS) is 15.8. The van der Waals surface area contributed by atoms with Crippen LogP contribution < -0.4 is 10.6 Å². The van der Waals surface area contributed by atoms with Crippen molar-refractivity contribution < 1.29 is 9.53 Å². The third-order valence-electron chi connectivity index (χ3n) is 4.51. The standard InChI is InChI=1S/C20H24N2O2S2/c1-3-24-19(23)17-15-10-9-13(2)11-16(15)26-18(17)22-20(25)21-12-14-7-5-4-6-8-14/h4-8,13H,3,9-12H2,1-2H3,(H2,21,22,25)/t13-/m0/s1. The number of ether oxygens (including phenoxy) is 1. The Labute approximate surface area is 164 Å². The van der Waals surface area contributed by atoms with Crippen LogP contribution in [0.4, 0.5) is 5.00 Å². The third-order valence-corrected chi connectivity index (χ3v) is 5.93. The maximum atomic E-state index is 12.5. The van der Waals surface area contributed by atoms with Crippen LogP contribution in [0, 0.1) is 5.92 Å². The number of carbonyl (C=O) groups is 1. The van der Waals surface area contributed by atoms with E-state index in [0.717, 1.165) is 35.4 Å². The number of carbonyl (C=O) groups excluding carboxylic acids is 1. The molecule has 0 spiro atoms. The van der Waals surface area contributed by atoms with Gasteiger partial charge in [-0.1, -0.05) is 37.3 Å². The molecule has 1 aliphatic rings. The topological polar surface area (TPSA) is 50.4 Å². The highest BCUT2D eigenvalue weighted by atomic mass is 32.1. The van der Waals surface area contributed by atoms with Crippen LogP contribution in [0.15, 0.2) is 30.3 Å². The summed E-state index contributed by atoms with van der Waals surface area (Å²) in [5.74, 6) is 0.389. The van der Waals surface area contributed by atoms with Crippen molar-refractivity contribution in [2.75, 3.05) is 11.9 Å². The van der Waals surface area contributed by atoms with E-state index in [1.165, 1.54) is 4.88 Å². The van der Waals surface area contributed by atoms with Gasteiger partial charge >= 0.3 is 5.97 Å². The molecule has 1 heterocycles. The fourth-order valence-corrected chi connectivity index (χ4v) is 4.83. The van der Waals surface area contributed by atoms with Crippen LogP contribution in [-0.4, -0.2) is 17.7 Å². The molecule has 4 nitrogen and oxygen atoms in total. The van der Waals surface area contributed by atoms with E-state index in [-0.39, 0.29) is 5.97 Å². The Kier molecular flexibility index (Phi) is 6.27. The zero-order valence-corrected chi connectivity index (χ0v) is 16.8. The van der Waals surface area contributed by atoms with Crippen LogP contribution in [0.25, 0.3) is 0 Å². The van der Waals surface area contributed by atoms with Crippen molar-refractivity contribution in [1.29, 1.82) is 0 Å². The number of thiophene rings is 1. The van der Waals surface area contributed by atoms with Crippen LogP contribution in [0.3, 0.4) is 0 Å². The molecule has 3 rings (SSSR count). The molecule has 2 aromatic rings. The molecule has 0 fully saturated rings. The van der Waals surface area contributed by atoms with Gasteiger partial charge in [-0.25, -0.2) is 4.79 Å². The first kappa shape index (κ1) is 18.9. The largest absolute Gasteiger partial charge is 0.462 e. The molecule has 0 radical (unpaired) electrons. The third kappa shape index (κ3) is 4.43. The second-order valence-electron chi connectivity index (χ2n) is 6.57. The predicted octanol–water partition coefficient (Wildman–Crippen LogP) is 4.54. The van der Waals surface area contributed by atoms with E-state index < -0.39 is 0 Å². The molecule has 1 atom stereocenters. The highest BCUT2D eigenvalue weighted by Gasteiger charge is 2.28. The molecule has 0 aliphatic heterocycles. The average Bonchev–Trinajstić information content (AvgIpc) is 2.98. The van der Waals surface area contributed by atoms with E-state index >= 15 is 0 Å². The molecule has 1 aromatic carbocycles. The number of anilines is 1. The average molecular weight is 389 g/mol. The van der Waals surface area contributed by atoms with Crippen LogP contribution in [-0.2, 0) is 24.1 Å². The number of esters is 1. The highest BCUT2D eigenvalue weighted by molar-refractivity contribution is 7.80. The van der Waals surface area contributed by atoms with Gasteiger partial charge in [0.2, 0.25) is 0 Å². The summed E-state index contributed by atoms with van der Waals surface area (Å²) in [5.41, 5.74) is 2.96. The molecule has 26 heavy (non-hydrogen) atoms. The highest BCUT2D eigenvalue weighted by Crippen LogP contribution is 2.40. The molecule has 138 valence electrons. The zero-order valence-electron chi connectivity index (χ0n) is 15.1. The van der Waals surface area contributed by atoms with Crippen LogP contribution >= 0.6 is 23.6 Å². The number of thiocarbonyl (C=S) groups is 1. The summed E-state index contributed by atoms with van der Waals surface area (Å²) in [5, 5.41) is 7.76. The van der Waals surface area contributed by atoms with Crippen LogP contribution in [0.5, 0.6) is 0 Å². The van der Waals surface area contributed by atoms with Gasteiger partial charge in [0, 0.05) is 11.4 Å². The van der Waals surface area contributed by atoms with Crippen molar-refractivity contribution >= 4 is 39.6 Å². The quantitative estimate of drug-likeness (QED) is 0.582. The molecule has 0 amide bonds. The molecular formula is C20H24N2O2S2. The summed E-state index contributed by atoms with van der Waals surface area (Å²) < 4.78 is 5.29. The van der Waals surface area contributed by atoms with Crippen molar-refractivity contribution in [3.05, 3.63) is 51.9 Å². The number of fused-ring (bicyclic) bond motifs is 1. The lowest BCUT2D eigenvalue weighted by Gasteiger charge is -2.18.